The molecule has 222 valence electrons. The number of ether oxygens (including phenoxy) is 7. The summed E-state index contributed by atoms with van der Waals surface area (Å²) >= 11 is 0. The van der Waals surface area contributed by atoms with E-state index in [2.05, 4.69) is 52.0 Å². The maximum atomic E-state index is 5.90. The Kier molecular flexibility index (Phi) is 11.3. The first-order chi connectivity index (χ1) is 18.9. The molecule has 7 heteroatoms. The van der Waals surface area contributed by atoms with Gasteiger partial charge in [0.2, 0.25) is 0 Å². The van der Waals surface area contributed by atoms with E-state index in [9.17, 15) is 0 Å². The average molecular weight is 549 g/mol. The van der Waals surface area contributed by atoms with Crippen LogP contribution >= 0.6 is 0 Å². The van der Waals surface area contributed by atoms with Gasteiger partial charge >= 0.3 is 0 Å². The van der Waals surface area contributed by atoms with Crippen LogP contribution in [0.3, 0.4) is 0 Å². The summed E-state index contributed by atoms with van der Waals surface area (Å²) in [5.41, 5.74) is 3.58. The van der Waals surface area contributed by atoms with Gasteiger partial charge in [-0.15, -0.1) is 0 Å². The minimum atomic E-state index is 0.258. The predicted molar refractivity (Wildman–Crippen MR) is 151 cm³/mol. The maximum Gasteiger partial charge on any atom is 0.0717 e. The Labute approximate surface area is 236 Å². The SMILES string of the molecule is CCC1(COCC2(CC)COC2)COC1.CCC1(COCc2ccc(COCC3(CC)COC3)cc2)COC1. The molecule has 0 aromatic heterocycles. The third-order valence-corrected chi connectivity index (χ3v) is 9.46. The number of benzene rings is 1. The molecule has 5 rings (SSSR count). The molecule has 4 fully saturated rings. The van der Waals surface area contributed by atoms with Crippen molar-refractivity contribution in [2.45, 2.75) is 66.6 Å². The highest BCUT2D eigenvalue weighted by atomic mass is 16.5. The molecule has 0 amide bonds. The lowest BCUT2D eigenvalue weighted by Crippen LogP contribution is -2.49. The van der Waals surface area contributed by atoms with E-state index in [0.717, 1.165) is 105 Å². The summed E-state index contributed by atoms with van der Waals surface area (Å²) in [4.78, 5) is 0. The van der Waals surface area contributed by atoms with Crippen LogP contribution in [0.2, 0.25) is 0 Å². The van der Waals surface area contributed by atoms with Gasteiger partial charge in [-0.1, -0.05) is 52.0 Å². The zero-order chi connectivity index (χ0) is 27.7. The normalized spacial score (nSPS) is 23.3. The fourth-order valence-electron chi connectivity index (χ4n) is 5.11. The number of rotatable bonds is 16. The summed E-state index contributed by atoms with van der Waals surface area (Å²) in [6.07, 6.45) is 4.55. The van der Waals surface area contributed by atoms with E-state index in [1.807, 2.05) is 0 Å². The molecule has 0 spiro atoms. The second kappa shape index (κ2) is 14.2. The molecule has 0 N–H and O–H groups in total. The van der Waals surface area contributed by atoms with Crippen molar-refractivity contribution >= 4 is 0 Å². The first kappa shape index (κ1) is 30.9. The minimum absolute atomic E-state index is 0.258. The van der Waals surface area contributed by atoms with Crippen molar-refractivity contribution in [1.29, 1.82) is 0 Å². The van der Waals surface area contributed by atoms with Gasteiger partial charge in [0.25, 0.3) is 0 Å². The van der Waals surface area contributed by atoms with E-state index < -0.39 is 0 Å². The second-order valence-electron chi connectivity index (χ2n) is 12.7. The average Bonchev–Trinajstić information content (AvgIpc) is 2.87. The summed E-state index contributed by atoms with van der Waals surface area (Å²) in [5, 5.41) is 0. The largest absolute Gasteiger partial charge is 0.380 e. The Morgan fingerprint density at radius 3 is 0.923 bits per heavy atom. The topological polar surface area (TPSA) is 64.6 Å². The molecule has 39 heavy (non-hydrogen) atoms. The van der Waals surface area contributed by atoms with Gasteiger partial charge in [-0.05, 0) is 36.8 Å². The van der Waals surface area contributed by atoms with E-state index in [1.165, 1.54) is 11.1 Å². The monoisotopic (exact) mass is 548 g/mol. The predicted octanol–water partition coefficient (Wildman–Crippen LogP) is 5.43. The van der Waals surface area contributed by atoms with Crippen LogP contribution in [0.25, 0.3) is 0 Å². The van der Waals surface area contributed by atoms with Gasteiger partial charge in [0.05, 0.1) is 92.5 Å². The smallest absolute Gasteiger partial charge is 0.0717 e. The lowest BCUT2D eigenvalue weighted by atomic mass is 9.83. The lowest BCUT2D eigenvalue weighted by Gasteiger charge is -2.44. The molecule has 4 aliphatic heterocycles. The van der Waals surface area contributed by atoms with E-state index in [4.69, 9.17) is 33.2 Å². The van der Waals surface area contributed by atoms with Crippen LogP contribution in [0, 0.1) is 21.7 Å². The molecular formula is C32H52O7. The Hall–Kier alpha value is -1.06. The van der Waals surface area contributed by atoms with Crippen LogP contribution in [-0.4, -0.2) is 79.3 Å². The minimum Gasteiger partial charge on any atom is -0.380 e. The van der Waals surface area contributed by atoms with Gasteiger partial charge in [-0.3, -0.25) is 0 Å². The lowest BCUT2D eigenvalue weighted by molar-refractivity contribution is -0.187. The Morgan fingerprint density at radius 1 is 0.462 bits per heavy atom. The summed E-state index contributed by atoms with van der Waals surface area (Å²) < 4.78 is 38.9. The first-order valence-electron chi connectivity index (χ1n) is 15.1. The fourth-order valence-corrected chi connectivity index (χ4v) is 5.11. The molecule has 0 unspecified atom stereocenters. The van der Waals surface area contributed by atoms with E-state index in [0.29, 0.717) is 24.0 Å². The van der Waals surface area contributed by atoms with Crippen molar-refractivity contribution in [3.8, 4) is 0 Å². The first-order valence-corrected chi connectivity index (χ1v) is 15.1. The van der Waals surface area contributed by atoms with Crippen LogP contribution < -0.4 is 0 Å². The molecule has 4 heterocycles. The standard InChI is InChI=1S/C20H30O4.C12H22O3/c1-3-19(13-23-14-19)11-21-9-17-5-7-18(8-6-17)10-22-12-20(4-2)15-24-16-20;1-3-11(5-13-6-11)9-15-10-12(4-2)7-14-8-12/h5-8H,3-4,9-16H2,1-2H3;3-10H2,1-2H3. The van der Waals surface area contributed by atoms with Gasteiger partial charge in [0.1, 0.15) is 0 Å². The molecule has 4 saturated heterocycles. The van der Waals surface area contributed by atoms with Crippen LogP contribution in [0.4, 0.5) is 0 Å². The molecule has 1 aromatic rings. The summed E-state index contributed by atoms with van der Waals surface area (Å²) in [6, 6.07) is 8.54. The number of hydrogen-bond donors (Lipinski definition) is 0. The van der Waals surface area contributed by atoms with E-state index >= 15 is 0 Å². The molecule has 4 aliphatic rings. The second-order valence-corrected chi connectivity index (χ2v) is 12.7. The van der Waals surface area contributed by atoms with E-state index in [-0.39, 0.29) is 10.8 Å². The van der Waals surface area contributed by atoms with Crippen LogP contribution in [0.5, 0.6) is 0 Å². The fraction of sp³-hybridized carbons (Fsp3) is 0.812. The quantitative estimate of drug-likeness (QED) is 0.273. The zero-order valence-electron chi connectivity index (χ0n) is 24.9. The van der Waals surface area contributed by atoms with Crippen LogP contribution in [0.15, 0.2) is 24.3 Å². The van der Waals surface area contributed by atoms with Gasteiger partial charge < -0.3 is 33.2 Å². The highest BCUT2D eigenvalue weighted by Gasteiger charge is 2.41. The molecular weight excluding hydrogens is 496 g/mol. The highest BCUT2D eigenvalue weighted by molar-refractivity contribution is 5.21. The Morgan fingerprint density at radius 2 is 0.718 bits per heavy atom. The third kappa shape index (κ3) is 8.03. The molecule has 0 bridgehead atoms. The number of hydrogen-bond acceptors (Lipinski definition) is 7. The van der Waals surface area contributed by atoms with Gasteiger partial charge in [-0.25, -0.2) is 0 Å². The van der Waals surface area contributed by atoms with Crippen molar-refractivity contribution in [2.24, 2.45) is 21.7 Å². The van der Waals surface area contributed by atoms with Crippen molar-refractivity contribution in [2.75, 3.05) is 79.3 Å². The van der Waals surface area contributed by atoms with Gasteiger partial charge in [-0.2, -0.15) is 0 Å². The van der Waals surface area contributed by atoms with Crippen LogP contribution in [-0.2, 0) is 46.4 Å². The Bertz CT molecular complexity index is 748. The summed E-state index contributed by atoms with van der Waals surface area (Å²) in [5.74, 6) is 0. The van der Waals surface area contributed by atoms with Crippen molar-refractivity contribution < 1.29 is 33.2 Å². The zero-order valence-corrected chi connectivity index (χ0v) is 24.9. The van der Waals surface area contributed by atoms with Crippen molar-refractivity contribution in [3.05, 3.63) is 35.4 Å². The highest BCUT2D eigenvalue weighted by Crippen LogP contribution is 2.35. The molecule has 7 nitrogen and oxygen atoms in total. The molecule has 0 saturated carbocycles. The van der Waals surface area contributed by atoms with Crippen molar-refractivity contribution in [1.82, 2.24) is 0 Å². The summed E-state index contributed by atoms with van der Waals surface area (Å²) in [7, 11) is 0. The molecule has 0 aliphatic carbocycles. The van der Waals surface area contributed by atoms with Gasteiger partial charge in [0, 0.05) is 21.7 Å². The molecule has 1 aromatic carbocycles. The summed E-state index contributed by atoms with van der Waals surface area (Å²) in [6.45, 7) is 20.3. The molecule has 0 radical (unpaired) electrons. The van der Waals surface area contributed by atoms with Crippen molar-refractivity contribution in [3.63, 3.8) is 0 Å². The Balaban J connectivity index is 0.000000202. The van der Waals surface area contributed by atoms with E-state index in [1.54, 1.807) is 0 Å². The maximum absolute atomic E-state index is 5.90. The third-order valence-electron chi connectivity index (χ3n) is 9.46. The van der Waals surface area contributed by atoms with Gasteiger partial charge in [0.15, 0.2) is 0 Å². The molecule has 0 atom stereocenters. The van der Waals surface area contributed by atoms with Crippen LogP contribution in [0.1, 0.15) is 64.5 Å².